The van der Waals surface area contributed by atoms with E-state index >= 15 is 0 Å². The molecule has 0 fully saturated rings. The Morgan fingerprint density at radius 3 is 2.77 bits per heavy atom. The molecule has 0 saturated carbocycles. The van der Waals surface area contributed by atoms with Crippen molar-refractivity contribution in [2.75, 3.05) is 6.61 Å². The maximum Gasteiger partial charge on any atom is 0.143 e. The first-order chi connectivity index (χ1) is 10.8. The molecule has 2 aromatic heterocycles. The van der Waals surface area contributed by atoms with Crippen LogP contribution in [0, 0.1) is 0 Å². The smallest absolute Gasteiger partial charge is 0.143 e. The van der Waals surface area contributed by atoms with E-state index in [2.05, 4.69) is 12.1 Å². The molecule has 22 heavy (non-hydrogen) atoms. The van der Waals surface area contributed by atoms with Crippen LogP contribution in [0.4, 0.5) is 0 Å². The lowest BCUT2D eigenvalue weighted by Gasteiger charge is -2.00. The van der Waals surface area contributed by atoms with E-state index in [1.54, 1.807) is 11.3 Å². The standard InChI is InChI=1S/C18H14N2OS/c1-2-21-13-8-10-15-17(11-13)22-18(20-15)16-9-7-12-5-3-4-6-14(12)19-16/h3-11H,2H2,1H3. The predicted molar refractivity (Wildman–Crippen MR) is 91.5 cm³/mol. The van der Waals surface area contributed by atoms with E-state index in [0.29, 0.717) is 6.61 Å². The highest BCUT2D eigenvalue weighted by Gasteiger charge is 2.09. The van der Waals surface area contributed by atoms with Gasteiger partial charge in [0.05, 0.1) is 28.0 Å². The zero-order valence-corrected chi connectivity index (χ0v) is 12.9. The van der Waals surface area contributed by atoms with E-state index in [0.717, 1.165) is 37.6 Å². The lowest BCUT2D eigenvalue weighted by Crippen LogP contribution is -1.89. The molecule has 0 saturated heterocycles. The van der Waals surface area contributed by atoms with Gasteiger partial charge >= 0.3 is 0 Å². The second-order valence-corrected chi connectivity index (χ2v) is 6.00. The summed E-state index contributed by atoms with van der Waals surface area (Å²) in [5, 5.41) is 2.08. The zero-order valence-electron chi connectivity index (χ0n) is 12.1. The number of hydrogen-bond donors (Lipinski definition) is 0. The Morgan fingerprint density at radius 1 is 0.955 bits per heavy atom. The molecule has 0 aliphatic carbocycles. The molecule has 0 radical (unpaired) electrons. The SMILES string of the molecule is CCOc1ccc2nc(-c3ccc4ccccc4n3)sc2c1. The summed E-state index contributed by atoms with van der Waals surface area (Å²) in [6, 6.07) is 18.3. The van der Waals surface area contributed by atoms with Crippen molar-refractivity contribution in [1.29, 1.82) is 0 Å². The van der Waals surface area contributed by atoms with Crippen molar-refractivity contribution in [2.24, 2.45) is 0 Å². The van der Waals surface area contributed by atoms with Gasteiger partial charge in [0.25, 0.3) is 0 Å². The molecule has 0 aliphatic rings. The number of benzene rings is 2. The molecule has 4 aromatic rings. The maximum atomic E-state index is 5.55. The van der Waals surface area contributed by atoms with Crippen LogP contribution in [-0.4, -0.2) is 16.6 Å². The van der Waals surface area contributed by atoms with Gasteiger partial charge in [-0.3, -0.25) is 0 Å². The highest BCUT2D eigenvalue weighted by Crippen LogP contribution is 2.32. The predicted octanol–water partition coefficient (Wildman–Crippen LogP) is 4.91. The second kappa shape index (κ2) is 5.39. The third kappa shape index (κ3) is 2.31. The Morgan fingerprint density at radius 2 is 1.86 bits per heavy atom. The van der Waals surface area contributed by atoms with Crippen molar-refractivity contribution in [2.45, 2.75) is 6.92 Å². The van der Waals surface area contributed by atoms with Crippen molar-refractivity contribution < 1.29 is 4.74 Å². The van der Waals surface area contributed by atoms with Gasteiger partial charge in [-0.25, -0.2) is 9.97 Å². The molecule has 0 atom stereocenters. The van der Waals surface area contributed by atoms with Gasteiger partial charge in [-0.15, -0.1) is 11.3 Å². The number of fused-ring (bicyclic) bond motifs is 2. The number of nitrogens with zero attached hydrogens (tertiary/aromatic N) is 2. The maximum absolute atomic E-state index is 5.55. The van der Waals surface area contributed by atoms with Crippen molar-refractivity contribution in [3.8, 4) is 16.5 Å². The van der Waals surface area contributed by atoms with E-state index in [-0.39, 0.29) is 0 Å². The number of thiazole rings is 1. The van der Waals surface area contributed by atoms with E-state index in [4.69, 9.17) is 14.7 Å². The number of para-hydroxylation sites is 1. The first-order valence-electron chi connectivity index (χ1n) is 7.23. The molecular weight excluding hydrogens is 292 g/mol. The Bertz CT molecular complexity index is 962. The van der Waals surface area contributed by atoms with E-state index in [9.17, 15) is 0 Å². The molecule has 0 bridgehead atoms. The summed E-state index contributed by atoms with van der Waals surface area (Å²) in [6.07, 6.45) is 0. The number of ether oxygens (including phenoxy) is 1. The summed E-state index contributed by atoms with van der Waals surface area (Å²) in [5.41, 5.74) is 2.89. The molecule has 0 aliphatic heterocycles. The Kier molecular flexibility index (Phi) is 3.24. The van der Waals surface area contributed by atoms with Gasteiger partial charge < -0.3 is 4.74 Å². The summed E-state index contributed by atoms with van der Waals surface area (Å²) in [5.74, 6) is 0.886. The van der Waals surface area contributed by atoms with Crippen LogP contribution in [0.3, 0.4) is 0 Å². The lowest BCUT2D eigenvalue weighted by atomic mass is 10.2. The van der Waals surface area contributed by atoms with Crippen molar-refractivity contribution in [1.82, 2.24) is 9.97 Å². The number of hydrogen-bond acceptors (Lipinski definition) is 4. The third-order valence-electron chi connectivity index (χ3n) is 3.49. The Balaban J connectivity index is 1.81. The number of pyridine rings is 1. The van der Waals surface area contributed by atoms with Crippen LogP contribution >= 0.6 is 11.3 Å². The van der Waals surface area contributed by atoms with E-state index < -0.39 is 0 Å². The van der Waals surface area contributed by atoms with Crippen molar-refractivity contribution in [3.05, 3.63) is 54.6 Å². The fraction of sp³-hybridized carbons (Fsp3) is 0.111. The quantitative estimate of drug-likeness (QED) is 0.539. The van der Waals surface area contributed by atoms with Gasteiger partial charge in [-0.05, 0) is 37.3 Å². The molecule has 0 unspecified atom stereocenters. The van der Waals surface area contributed by atoms with Crippen LogP contribution in [-0.2, 0) is 0 Å². The van der Waals surface area contributed by atoms with Crippen LogP contribution in [0.1, 0.15) is 6.92 Å². The van der Waals surface area contributed by atoms with E-state index in [1.165, 1.54) is 0 Å². The molecule has 0 amide bonds. The van der Waals surface area contributed by atoms with E-state index in [1.807, 2.05) is 49.4 Å². The summed E-state index contributed by atoms with van der Waals surface area (Å²) in [7, 11) is 0. The minimum absolute atomic E-state index is 0.670. The fourth-order valence-electron chi connectivity index (χ4n) is 2.46. The summed E-state index contributed by atoms with van der Waals surface area (Å²) in [6.45, 7) is 2.66. The summed E-state index contributed by atoms with van der Waals surface area (Å²) in [4.78, 5) is 9.41. The van der Waals surface area contributed by atoms with Crippen LogP contribution in [0.15, 0.2) is 54.6 Å². The molecule has 108 valence electrons. The molecule has 3 nitrogen and oxygen atoms in total. The number of rotatable bonds is 3. The topological polar surface area (TPSA) is 35.0 Å². The van der Waals surface area contributed by atoms with Crippen LogP contribution in [0.2, 0.25) is 0 Å². The average molecular weight is 306 g/mol. The largest absolute Gasteiger partial charge is 0.494 e. The van der Waals surface area contributed by atoms with Gasteiger partial charge in [0.15, 0.2) is 0 Å². The van der Waals surface area contributed by atoms with Crippen LogP contribution < -0.4 is 4.74 Å². The normalized spacial score (nSPS) is 11.1. The molecule has 2 heterocycles. The van der Waals surface area contributed by atoms with Gasteiger partial charge in [0.1, 0.15) is 10.8 Å². The molecule has 4 rings (SSSR count). The van der Waals surface area contributed by atoms with Gasteiger partial charge in [0, 0.05) is 5.39 Å². The van der Waals surface area contributed by atoms with Crippen LogP contribution in [0.25, 0.3) is 31.8 Å². The molecule has 4 heteroatoms. The Labute approximate surface area is 132 Å². The molecule has 0 N–H and O–H groups in total. The zero-order chi connectivity index (χ0) is 14.9. The van der Waals surface area contributed by atoms with Crippen LogP contribution in [0.5, 0.6) is 5.75 Å². The highest BCUT2D eigenvalue weighted by atomic mass is 32.1. The first kappa shape index (κ1) is 13.2. The van der Waals surface area contributed by atoms with Gasteiger partial charge in [0.2, 0.25) is 0 Å². The fourth-order valence-corrected chi connectivity index (χ4v) is 3.42. The average Bonchev–Trinajstić information content (AvgIpc) is 2.98. The monoisotopic (exact) mass is 306 g/mol. The molecular formula is C18H14N2OS. The first-order valence-corrected chi connectivity index (χ1v) is 8.05. The van der Waals surface area contributed by atoms with Gasteiger partial charge in [-0.2, -0.15) is 0 Å². The number of aromatic nitrogens is 2. The summed E-state index contributed by atoms with van der Waals surface area (Å²) >= 11 is 1.65. The molecule has 0 spiro atoms. The lowest BCUT2D eigenvalue weighted by molar-refractivity contribution is 0.341. The van der Waals surface area contributed by atoms with Gasteiger partial charge in [-0.1, -0.05) is 24.3 Å². The molecule has 2 aromatic carbocycles. The highest BCUT2D eigenvalue weighted by molar-refractivity contribution is 7.21. The Hall–Kier alpha value is -2.46. The van der Waals surface area contributed by atoms with Crippen molar-refractivity contribution in [3.63, 3.8) is 0 Å². The van der Waals surface area contributed by atoms with Crippen molar-refractivity contribution >= 4 is 32.5 Å². The third-order valence-corrected chi connectivity index (χ3v) is 4.53. The second-order valence-electron chi connectivity index (χ2n) is 4.97. The summed E-state index contributed by atoms with van der Waals surface area (Å²) < 4.78 is 6.67. The minimum atomic E-state index is 0.670. The minimum Gasteiger partial charge on any atom is -0.494 e.